The molecule has 2 aromatic heterocycles. The van der Waals surface area contributed by atoms with Crippen LogP contribution in [0.5, 0.6) is 0 Å². The minimum absolute atomic E-state index is 0.0730. The van der Waals surface area contributed by atoms with Gasteiger partial charge in [-0.1, -0.05) is 40.4 Å². The zero-order valence-corrected chi connectivity index (χ0v) is 16.0. The maximum absolute atomic E-state index is 12.6. The zero-order valence-electron chi connectivity index (χ0n) is 15.0. The molecule has 0 saturated heterocycles. The minimum atomic E-state index is -1.10. The number of Topliss-reactive ketones (excluding diaryl/α,β-unsaturated/α-hetero) is 1. The Morgan fingerprint density at radius 3 is 2.48 bits per heavy atom. The monoisotopic (exact) mass is 333 g/mol. The molecule has 0 saturated carbocycles. The molecule has 0 aliphatic heterocycles. The van der Waals surface area contributed by atoms with E-state index in [4.69, 9.17) is 4.74 Å². The van der Waals surface area contributed by atoms with Gasteiger partial charge in [-0.3, -0.25) is 9.78 Å². The Bertz CT molecular complexity index is 696. The molecule has 0 unspecified atom stereocenters. The molecule has 0 aliphatic rings. The minimum Gasteiger partial charge on any atom is -0.361 e. The lowest BCUT2D eigenvalue weighted by Gasteiger charge is -2.16. The van der Waals surface area contributed by atoms with Gasteiger partial charge in [-0.2, -0.15) is 0 Å². The lowest BCUT2D eigenvalue weighted by molar-refractivity contribution is 0.0849. The zero-order chi connectivity index (χ0) is 17.3. The van der Waals surface area contributed by atoms with Gasteiger partial charge in [-0.15, -0.1) is 0 Å². The van der Waals surface area contributed by atoms with Crippen molar-refractivity contribution in [1.29, 1.82) is 0 Å². The highest BCUT2D eigenvalue weighted by Crippen LogP contribution is 2.26. The Hall–Kier alpha value is -1.53. The van der Waals surface area contributed by atoms with Gasteiger partial charge < -0.3 is 9.30 Å². The van der Waals surface area contributed by atoms with Crippen molar-refractivity contribution in [2.24, 2.45) is 5.41 Å². The van der Waals surface area contributed by atoms with E-state index in [0.717, 1.165) is 12.7 Å². The summed E-state index contributed by atoms with van der Waals surface area (Å²) in [5.74, 6) is 0.0730. The fourth-order valence-corrected chi connectivity index (χ4v) is 2.98. The summed E-state index contributed by atoms with van der Waals surface area (Å²) in [7, 11) is -1.10. The molecule has 0 aromatic carbocycles. The third-order valence-corrected chi connectivity index (χ3v) is 5.35. The molecule has 23 heavy (non-hydrogen) atoms. The van der Waals surface area contributed by atoms with E-state index in [9.17, 15) is 4.79 Å². The van der Waals surface area contributed by atoms with Crippen LogP contribution in [-0.4, -0.2) is 35.0 Å². The van der Waals surface area contributed by atoms with Gasteiger partial charge in [0.15, 0.2) is 11.4 Å². The fourth-order valence-electron chi connectivity index (χ4n) is 2.22. The molecule has 0 bridgehead atoms. The van der Waals surface area contributed by atoms with E-state index < -0.39 is 13.5 Å². The van der Waals surface area contributed by atoms with Crippen molar-refractivity contribution in [2.75, 3.05) is 6.61 Å². The number of hydrogen-bond donors (Lipinski definition) is 0. The van der Waals surface area contributed by atoms with E-state index in [2.05, 4.69) is 29.6 Å². The second-order valence-electron chi connectivity index (χ2n) is 8.17. The number of aromatic nitrogens is 3. The number of rotatable bonds is 6. The van der Waals surface area contributed by atoms with Crippen molar-refractivity contribution in [3.8, 4) is 0 Å². The quantitative estimate of drug-likeness (QED) is 0.456. The lowest BCUT2D eigenvalue weighted by Crippen LogP contribution is -2.22. The molecule has 0 fully saturated rings. The van der Waals surface area contributed by atoms with Gasteiger partial charge in [0.2, 0.25) is 0 Å². The molecule has 126 valence electrons. The maximum atomic E-state index is 12.6. The van der Waals surface area contributed by atoms with Crippen LogP contribution in [0.15, 0.2) is 18.6 Å². The highest BCUT2D eigenvalue weighted by Gasteiger charge is 2.27. The molecule has 0 aliphatic carbocycles. The standard InChI is InChI=1S/C17H27N3O2Si/c1-17(2,3)15(21)13-11-20(12-22-9-10-23(4,5)6)16-14(13)18-7-8-19-16/h7-8,11H,9-10,12H2,1-6H3. The molecular formula is C17H27N3O2Si. The summed E-state index contributed by atoms with van der Waals surface area (Å²) in [6, 6.07) is 1.12. The van der Waals surface area contributed by atoms with Crippen LogP contribution in [0.3, 0.4) is 0 Å². The van der Waals surface area contributed by atoms with Gasteiger partial charge in [0.1, 0.15) is 12.2 Å². The third-order valence-electron chi connectivity index (χ3n) is 3.64. The number of hydrogen-bond acceptors (Lipinski definition) is 4. The molecule has 0 N–H and O–H groups in total. The van der Waals surface area contributed by atoms with Crippen LogP contribution < -0.4 is 0 Å². The van der Waals surface area contributed by atoms with E-state index >= 15 is 0 Å². The molecule has 0 radical (unpaired) electrons. The fraction of sp³-hybridized carbons (Fsp3) is 0.588. The van der Waals surface area contributed by atoms with Crippen LogP contribution in [0, 0.1) is 5.41 Å². The topological polar surface area (TPSA) is 57.0 Å². The van der Waals surface area contributed by atoms with Crippen molar-refractivity contribution in [3.05, 3.63) is 24.2 Å². The first-order valence-electron chi connectivity index (χ1n) is 8.02. The van der Waals surface area contributed by atoms with Crippen LogP contribution in [0.1, 0.15) is 31.1 Å². The van der Waals surface area contributed by atoms with Gasteiger partial charge in [0, 0.05) is 38.7 Å². The Kier molecular flexibility index (Phi) is 5.06. The molecule has 5 nitrogen and oxygen atoms in total. The Labute approximate surface area is 139 Å². The first kappa shape index (κ1) is 17.8. The summed E-state index contributed by atoms with van der Waals surface area (Å²) in [5, 5.41) is 0. The van der Waals surface area contributed by atoms with Crippen molar-refractivity contribution < 1.29 is 9.53 Å². The van der Waals surface area contributed by atoms with E-state index in [-0.39, 0.29) is 5.78 Å². The number of ketones is 1. The number of nitrogens with zero attached hydrogens (tertiary/aromatic N) is 3. The van der Waals surface area contributed by atoms with Gasteiger partial charge in [-0.05, 0) is 6.04 Å². The van der Waals surface area contributed by atoms with Crippen molar-refractivity contribution >= 4 is 25.0 Å². The van der Waals surface area contributed by atoms with Gasteiger partial charge >= 0.3 is 0 Å². The number of fused-ring (bicyclic) bond motifs is 1. The second-order valence-corrected chi connectivity index (χ2v) is 13.8. The summed E-state index contributed by atoms with van der Waals surface area (Å²) >= 11 is 0. The molecule has 2 heterocycles. The molecule has 0 amide bonds. The Morgan fingerprint density at radius 2 is 1.87 bits per heavy atom. The van der Waals surface area contributed by atoms with Crippen LogP contribution in [0.4, 0.5) is 0 Å². The maximum Gasteiger partial charge on any atom is 0.171 e. The highest BCUT2D eigenvalue weighted by atomic mass is 28.3. The first-order valence-corrected chi connectivity index (χ1v) is 11.7. The highest BCUT2D eigenvalue weighted by molar-refractivity contribution is 6.76. The first-order chi connectivity index (χ1) is 10.6. The van der Waals surface area contributed by atoms with Gasteiger partial charge in [-0.25, -0.2) is 4.98 Å². The van der Waals surface area contributed by atoms with E-state index in [0.29, 0.717) is 23.5 Å². The largest absolute Gasteiger partial charge is 0.361 e. The number of carbonyl (C=O) groups excluding carboxylic acids is 1. The van der Waals surface area contributed by atoms with E-state index in [1.54, 1.807) is 12.4 Å². The second kappa shape index (κ2) is 6.53. The number of ether oxygens (including phenoxy) is 1. The normalized spacial score (nSPS) is 12.8. The van der Waals surface area contributed by atoms with E-state index in [1.807, 2.05) is 31.5 Å². The average molecular weight is 334 g/mol. The lowest BCUT2D eigenvalue weighted by atomic mass is 9.87. The van der Waals surface area contributed by atoms with Gasteiger partial charge in [0.05, 0.1) is 5.56 Å². The van der Waals surface area contributed by atoms with Crippen LogP contribution in [0.25, 0.3) is 11.2 Å². The molecule has 2 aromatic rings. The van der Waals surface area contributed by atoms with E-state index in [1.165, 1.54) is 0 Å². The van der Waals surface area contributed by atoms with Crippen molar-refractivity contribution in [1.82, 2.24) is 14.5 Å². The Morgan fingerprint density at radius 1 is 1.22 bits per heavy atom. The smallest absolute Gasteiger partial charge is 0.171 e. The summed E-state index contributed by atoms with van der Waals surface area (Å²) < 4.78 is 7.68. The molecule has 0 spiro atoms. The van der Waals surface area contributed by atoms with Crippen LogP contribution in [-0.2, 0) is 11.5 Å². The number of carbonyl (C=O) groups is 1. The van der Waals surface area contributed by atoms with Crippen molar-refractivity contribution in [3.63, 3.8) is 0 Å². The summed E-state index contributed by atoms with van der Waals surface area (Å²) in [6.45, 7) is 13.9. The predicted molar refractivity (Wildman–Crippen MR) is 95.4 cm³/mol. The molecule has 2 rings (SSSR count). The molecular weight excluding hydrogens is 306 g/mol. The van der Waals surface area contributed by atoms with Crippen LogP contribution >= 0.6 is 0 Å². The summed E-state index contributed by atoms with van der Waals surface area (Å²) in [4.78, 5) is 21.4. The average Bonchev–Trinajstić information content (AvgIpc) is 2.80. The molecule has 0 atom stereocenters. The predicted octanol–water partition coefficient (Wildman–Crippen LogP) is 3.97. The SMILES string of the molecule is CC(C)(C)C(=O)c1cn(COCC[Si](C)(C)C)c2nccnc12. The van der Waals surface area contributed by atoms with Crippen molar-refractivity contribution in [2.45, 2.75) is 53.2 Å². The van der Waals surface area contributed by atoms with Crippen LogP contribution in [0.2, 0.25) is 25.7 Å². The van der Waals surface area contributed by atoms with Gasteiger partial charge in [0.25, 0.3) is 0 Å². The molecule has 6 heteroatoms. The summed E-state index contributed by atoms with van der Waals surface area (Å²) in [6.07, 6.45) is 5.09. The summed E-state index contributed by atoms with van der Waals surface area (Å²) in [5.41, 5.74) is 1.53. The Balaban J connectivity index is 2.23. The third kappa shape index (κ3) is 4.48.